The zero-order chi connectivity index (χ0) is 13.8. The summed E-state index contributed by atoms with van der Waals surface area (Å²) < 4.78 is 0. The molecule has 0 fully saturated rings. The van der Waals surface area contributed by atoms with Crippen LogP contribution in [0.25, 0.3) is 21.5 Å². The summed E-state index contributed by atoms with van der Waals surface area (Å²) in [5.41, 5.74) is 2.12. The number of nitrogens with zero attached hydrogens (tertiary/aromatic N) is 3. The molecule has 0 aliphatic rings. The van der Waals surface area contributed by atoms with Crippen molar-refractivity contribution in [3.05, 3.63) is 41.5 Å². The van der Waals surface area contributed by atoms with Gasteiger partial charge in [0.25, 0.3) is 0 Å². The minimum Gasteiger partial charge on any atom is -0.320 e. The van der Waals surface area contributed by atoms with Crippen molar-refractivity contribution in [2.45, 2.75) is 12.8 Å². The fourth-order valence-corrected chi connectivity index (χ4v) is 3.08. The highest BCUT2D eigenvalue weighted by molar-refractivity contribution is 7.14. The summed E-state index contributed by atoms with van der Waals surface area (Å²) in [7, 11) is 1.97. The normalized spacial score (nSPS) is 11.1. The molecule has 0 amide bonds. The van der Waals surface area contributed by atoms with E-state index < -0.39 is 0 Å². The van der Waals surface area contributed by atoms with E-state index in [1.54, 1.807) is 11.3 Å². The van der Waals surface area contributed by atoms with Gasteiger partial charge in [-0.05, 0) is 32.1 Å². The fourth-order valence-electron chi connectivity index (χ4n) is 2.16. The number of aryl methyl sites for hydroxylation is 1. The van der Waals surface area contributed by atoms with E-state index in [1.807, 2.05) is 37.5 Å². The smallest absolute Gasteiger partial charge is 0.148 e. The summed E-state index contributed by atoms with van der Waals surface area (Å²) in [6.45, 7) is 1.01. The number of pyridine rings is 1. The van der Waals surface area contributed by atoms with Gasteiger partial charge in [-0.1, -0.05) is 29.5 Å². The minimum absolute atomic E-state index is 0.974. The maximum atomic E-state index is 4.38. The van der Waals surface area contributed by atoms with Gasteiger partial charge in [-0.3, -0.25) is 4.98 Å². The first kappa shape index (κ1) is 13.1. The molecule has 0 saturated carbocycles. The molecule has 0 aliphatic carbocycles. The maximum absolute atomic E-state index is 4.38. The lowest BCUT2D eigenvalue weighted by Gasteiger charge is -2.01. The molecule has 5 heteroatoms. The molecule has 0 radical (unpaired) electrons. The summed E-state index contributed by atoms with van der Waals surface area (Å²) in [4.78, 5) is 4.38. The molecule has 1 N–H and O–H groups in total. The van der Waals surface area contributed by atoms with Crippen molar-refractivity contribution in [2.24, 2.45) is 0 Å². The van der Waals surface area contributed by atoms with Gasteiger partial charge in [0, 0.05) is 23.6 Å². The third-order valence-corrected chi connectivity index (χ3v) is 4.18. The van der Waals surface area contributed by atoms with E-state index >= 15 is 0 Å². The Bertz CT molecular complexity index is 702. The summed E-state index contributed by atoms with van der Waals surface area (Å²) in [6.07, 6.45) is 3.89. The fraction of sp³-hybridized carbons (Fsp3) is 0.267. The summed E-state index contributed by atoms with van der Waals surface area (Å²) >= 11 is 1.67. The van der Waals surface area contributed by atoms with Crippen LogP contribution in [0.15, 0.2) is 36.5 Å². The predicted molar refractivity (Wildman–Crippen MR) is 82.9 cm³/mol. The quantitative estimate of drug-likeness (QED) is 0.732. The van der Waals surface area contributed by atoms with Crippen LogP contribution in [-0.2, 0) is 6.42 Å². The van der Waals surface area contributed by atoms with Crippen LogP contribution in [0.3, 0.4) is 0 Å². The van der Waals surface area contributed by atoms with Gasteiger partial charge in [-0.2, -0.15) is 0 Å². The molecule has 0 atom stereocenters. The number of hydrogen-bond donors (Lipinski definition) is 1. The van der Waals surface area contributed by atoms with Crippen molar-refractivity contribution in [1.29, 1.82) is 0 Å². The number of hydrogen-bond acceptors (Lipinski definition) is 5. The second kappa shape index (κ2) is 6.07. The lowest BCUT2D eigenvalue weighted by atomic mass is 10.1. The van der Waals surface area contributed by atoms with Gasteiger partial charge in [-0.15, -0.1) is 10.2 Å². The Labute approximate surface area is 121 Å². The molecule has 102 valence electrons. The molecule has 3 rings (SSSR count). The molecule has 3 aromatic rings. The van der Waals surface area contributed by atoms with E-state index in [0.29, 0.717) is 0 Å². The third-order valence-electron chi connectivity index (χ3n) is 3.16. The van der Waals surface area contributed by atoms with Crippen LogP contribution in [0.1, 0.15) is 11.4 Å². The molecule has 0 bridgehead atoms. The number of nitrogens with one attached hydrogen (secondary N) is 1. The molecule has 0 spiro atoms. The van der Waals surface area contributed by atoms with Crippen LogP contribution in [0, 0.1) is 0 Å². The van der Waals surface area contributed by atoms with Crippen LogP contribution < -0.4 is 5.32 Å². The van der Waals surface area contributed by atoms with Gasteiger partial charge in [0.1, 0.15) is 10.0 Å². The van der Waals surface area contributed by atoms with Gasteiger partial charge in [0.15, 0.2) is 0 Å². The van der Waals surface area contributed by atoms with Gasteiger partial charge in [0.05, 0.1) is 5.52 Å². The van der Waals surface area contributed by atoms with Crippen LogP contribution in [0.4, 0.5) is 0 Å². The Kier molecular flexibility index (Phi) is 3.99. The van der Waals surface area contributed by atoms with Crippen molar-refractivity contribution in [1.82, 2.24) is 20.5 Å². The number of benzene rings is 1. The third kappa shape index (κ3) is 2.69. The Morgan fingerprint density at radius 1 is 1.15 bits per heavy atom. The SMILES string of the molecule is CNCCCc1nnc(-c2ccnc3ccccc23)s1. The predicted octanol–water partition coefficient (Wildman–Crippen LogP) is 2.91. The lowest BCUT2D eigenvalue weighted by Crippen LogP contribution is -2.08. The highest BCUT2D eigenvalue weighted by Crippen LogP contribution is 2.29. The Balaban J connectivity index is 1.91. The van der Waals surface area contributed by atoms with Gasteiger partial charge in [-0.25, -0.2) is 0 Å². The first-order valence-electron chi connectivity index (χ1n) is 6.69. The Hall–Kier alpha value is -1.85. The van der Waals surface area contributed by atoms with Crippen molar-refractivity contribution in [2.75, 3.05) is 13.6 Å². The molecular weight excluding hydrogens is 268 g/mol. The first-order chi connectivity index (χ1) is 9.88. The molecule has 0 aliphatic heterocycles. The number of rotatable bonds is 5. The van der Waals surface area contributed by atoms with E-state index in [1.165, 1.54) is 0 Å². The molecule has 20 heavy (non-hydrogen) atoms. The van der Waals surface area contributed by atoms with Crippen LogP contribution in [-0.4, -0.2) is 28.8 Å². The minimum atomic E-state index is 0.974. The molecule has 1 aromatic carbocycles. The molecule has 0 saturated heterocycles. The first-order valence-corrected chi connectivity index (χ1v) is 7.51. The average molecular weight is 284 g/mol. The second-order valence-electron chi connectivity index (χ2n) is 4.58. The van der Waals surface area contributed by atoms with Crippen molar-refractivity contribution in [3.63, 3.8) is 0 Å². The Morgan fingerprint density at radius 3 is 2.95 bits per heavy atom. The summed E-state index contributed by atoms with van der Waals surface area (Å²) in [5, 5.41) is 15.0. The molecule has 2 aromatic heterocycles. The summed E-state index contributed by atoms with van der Waals surface area (Å²) in [5.74, 6) is 0. The van der Waals surface area contributed by atoms with E-state index in [9.17, 15) is 0 Å². The second-order valence-corrected chi connectivity index (χ2v) is 5.65. The number of aromatic nitrogens is 3. The van der Waals surface area contributed by atoms with Crippen molar-refractivity contribution >= 4 is 22.2 Å². The monoisotopic (exact) mass is 284 g/mol. The van der Waals surface area contributed by atoms with Crippen LogP contribution in [0.2, 0.25) is 0 Å². The average Bonchev–Trinajstić information content (AvgIpc) is 2.96. The maximum Gasteiger partial charge on any atom is 0.148 e. The largest absolute Gasteiger partial charge is 0.320 e. The lowest BCUT2D eigenvalue weighted by molar-refractivity contribution is 0.718. The number of para-hydroxylation sites is 1. The van der Waals surface area contributed by atoms with E-state index in [0.717, 1.165) is 45.9 Å². The molecular formula is C15H16N4S. The molecule has 2 heterocycles. The van der Waals surface area contributed by atoms with Gasteiger partial charge >= 0.3 is 0 Å². The zero-order valence-corrected chi connectivity index (χ0v) is 12.2. The standard InChI is InChI=1S/C15H16N4S/c1-16-9-4-7-14-18-19-15(20-14)12-8-10-17-13-6-3-2-5-11(12)13/h2-3,5-6,8,10,16H,4,7,9H2,1H3. The van der Waals surface area contributed by atoms with Crippen molar-refractivity contribution in [3.8, 4) is 10.6 Å². The van der Waals surface area contributed by atoms with Crippen molar-refractivity contribution < 1.29 is 0 Å². The molecule has 4 nitrogen and oxygen atoms in total. The van der Waals surface area contributed by atoms with Gasteiger partial charge in [0.2, 0.25) is 0 Å². The zero-order valence-electron chi connectivity index (χ0n) is 11.3. The highest BCUT2D eigenvalue weighted by Gasteiger charge is 2.10. The van der Waals surface area contributed by atoms with Crippen LogP contribution >= 0.6 is 11.3 Å². The van der Waals surface area contributed by atoms with E-state index in [-0.39, 0.29) is 0 Å². The van der Waals surface area contributed by atoms with Gasteiger partial charge < -0.3 is 5.32 Å². The topological polar surface area (TPSA) is 50.7 Å². The summed E-state index contributed by atoms with van der Waals surface area (Å²) in [6, 6.07) is 10.2. The number of fused-ring (bicyclic) bond motifs is 1. The molecule has 0 unspecified atom stereocenters. The van der Waals surface area contributed by atoms with Crippen LogP contribution in [0.5, 0.6) is 0 Å². The van der Waals surface area contributed by atoms with E-state index in [2.05, 4.69) is 26.6 Å². The highest BCUT2D eigenvalue weighted by atomic mass is 32.1. The Morgan fingerprint density at radius 2 is 2.05 bits per heavy atom. The van der Waals surface area contributed by atoms with E-state index in [4.69, 9.17) is 0 Å².